The second-order valence-corrected chi connectivity index (χ2v) is 5.49. The molecule has 0 saturated carbocycles. The molecule has 0 aliphatic rings. The van der Waals surface area contributed by atoms with Gasteiger partial charge in [0, 0.05) is 19.0 Å². The van der Waals surface area contributed by atoms with Crippen molar-refractivity contribution in [2.75, 3.05) is 6.54 Å². The Morgan fingerprint density at radius 3 is 2.48 bits per heavy atom. The number of primary amides is 1. The van der Waals surface area contributed by atoms with Gasteiger partial charge in [0.25, 0.3) is 11.8 Å². The summed E-state index contributed by atoms with van der Waals surface area (Å²) >= 11 is 0. The highest BCUT2D eigenvalue weighted by Crippen LogP contribution is 2.12. The molecule has 0 aliphatic carbocycles. The summed E-state index contributed by atoms with van der Waals surface area (Å²) in [6.45, 7) is 0.405. The molecule has 1 heterocycles. The third-order valence-electron chi connectivity index (χ3n) is 3.55. The van der Waals surface area contributed by atoms with Crippen molar-refractivity contribution in [1.82, 2.24) is 15.1 Å². The van der Waals surface area contributed by atoms with Crippen LogP contribution in [0.15, 0.2) is 36.4 Å². The van der Waals surface area contributed by atoms with Crippen LogP contribution in [0.4, 0.5) is 0 Å². The normalized spacial score (nSPS) is 10.4. The molecule has 0 radical (unpaired) electrons. The zero-order chi connectivity index (χ0) is 18.2. The number of rotatable bonds is 9. The van der Waals surface area contributed by atoms with Crippen molar-refractivity contribution in [3.05, 3.63) is 47.8 Å². The van der Waals surface area contributed by atoms with E-state index < -0.39 is 17.8 Å². The van der Waals surface area contributed by atoms with Crippen LogP contribution >= 0.6 is 0 Å². The van der Waals surface area contributed by atoms with Crippen molar-refractivity contribution < 1.29 is 19.5 Å². The summed E-state index contributed by atoms with van der Waals surface area (Å²) in [5, 5.41) is 15.4. The average molecular weight is 344 g/mol. The molecular formula is C17H20N4O4. The summed E-state index contributed by atoms with van der Waals surface area (Å²) in [5.41, 5.74) is 6.22. The quantitative estimate of drug-likeness (QED) is 0.592. The largest absolute Gasteiger partial charge is 0.481 e. The number of carbonyl (C=O) groups excluding carboxylic acids is 2. The molecule has 0 aliphatic heterocycles. The lowest BCUT2D eigenvalue weighted by Gasteiger charge is -2.04. The summed E-state index contributed by atoms with van der Waals surface area (Å²) in [6, 6.07) is 10.3. The first kappa shape index (κ1) is 18.2. The number of amides is 2. The van der Waals surface area contributed by atoms with Gasteiger partial charge < -0.3 is 16.2 Å². The van der Waals surface area contributed by atoms with Gasteiger partial charge in [-0.25, -0.2) is 4.68 Å². The summed E-state index contributed by atoms with van der Waals surface area (Å²) in [5.74, 6) is -1.91. The molecule has 0 spiro atoms. The van der Waals surface area contributed by atoms with E-state index in [-0.39, 0.29) is 17.8 Å². The molecule has 8 heteroatoms. The molecule has 1 aromatic heterocycles. The van der Waals surface area contributed by atoms with E-state index in [9.17, 15) is 14.4 Å². The Kier molecular flexibility index (Phi) is 6.27. The molecule has 0 unspecified atom stereocenters. The number of nitrogens with zero attached hydrogens (tertiary/aromatic N) is 2. The van der Waals surface area contributed by atoms with Crippen molar-refractivity contribution in [2.24, 2.45) is 5.73 Å². The highest BCUT2D eigenvalue weighted by atomic mass is 16.4. The van der Waals surface area contributed by atoms with Crippen LogP contribution in [0.5, 0.6) is 0 Å². The number of benzene rings is 1. The van der Waals surface area contributed by atoms with Crippen LogP contribution in [0, 0.1) is 0 Å². The summed E-state index contributed by atoms with van der Waals surface area (Å²) in [4.78, 5) is 34.2. The van der Waals surface area contributed by atoms with Crippen LogP contribution in [-0.2, 0) is 4.79 Å². The molecule has 0 atom stereocenters. The number of nitrogens with two attached hydrogens (primary N) is 1. The number of aromatic nitrogens is 2. The van der Waals surface area contributed by atoms with Crippen LogP contribution < -0.4 is 11.1 Å². The lowest BCUT2D eigenvalue weighted by Crippen LogP contribution is -2.25. The third-order valence-corrected chi connectivity index (χ3v) is 3.55. The van der Waals surface area contributed by atoms with Crippen LogP contribution in [0.25, 0.3) is 5.69 Å². The van der Waals surface area contributed by atoms with Crippen LogP contribution in [0.3, 0.4) is 0 Å². The highest BCUT2D eigenvalue weighted by molar-refractivity contribution is 5.97. The van der Waals surface area contributed by atoms with Crippen LogP contribution in [-0.4, -0.2) is 39.2 Å². The first-order valence-corrected chi connectivity index (χ1v) is 7.94. The molecule has 0 fully saturated rings. The zero-order valence-corrected chi connectivity index (χ0v) is 13.6. The van der Waals surface area contributed by atoms with Gasteiger partial charge in [0.05, 0.1) is 5.69 Å². The summed E-state index contributed by atoms with van der Waals surface area (Å²) < 4.78 is 1.34. The first-order valence-electron chi connectivity index (χ1n) is 7.94. The van der Waals surface area contributed by atoms with Crippen molar-refractivity contribution in [2.45, 2.75) is 25.7 Å². The summed E-state index contributed by atoms with van der Waals surface area (Å²) in [6.07, 6.45) is 2.07. The van der Waals surface area contributed by atoms with E-state index >= 15 is 0 Å². The second kappa shape index (κ2) is 8.62. The Morgan fingerprint density at radius 2 is 1.84 bits per heavy atom. The number of nitrogens with one attached hydrogen (secondary N) is 1. The number of carboxylic acids is 1. The molecule has 4 N–H and O–H groups in total. The van der Waals surface area contributed by atoms with Gasteiger partial charge >= 0.3 is 5.97 Å². The minimum Gasteiger partial charge on any atom is -0.481 e. The standard InChI is InChI=1S/C17H20N4O4/c18-16(24)14-11-13(20-21(14)12-7-3-1-4-8-12)17(25)19-10-6-2-5-9-15(22)23/h1,3-4,7-8,11H,2,5-6,9-10H2,(H2,18,24)(H,19,25)(H,22,23). The predicted octanol–water partition coefficient (Wildman–Crippen LogP) is 1.35. The zero-order valence-electron chi connectivity index (χ0n) is 13.6. The summed E-state index contributed by atoms with van der Waals surface area (Å²) in [7, 11) is 0. The third kappa shape index (κ3) is 5.17. The maximum atomic E-state index is 12.2. The monoisotopic (exact) mass is 344 g/mol. The fraction of sp³-hybridized carbons (Fsp3) is 0.294. The van der Waals surface area contributed by atoms with Crippen molar-refractivity contribution in [3.63, 3.8) is 0 Å². The number of carboxylic acid groups (broad SMARTS) is 1. The average Bonchev–Trinajstić information content (AvgIpc) is 3.04. The predicted molar refractivity (Wildman–Crippen MR) is 90.5 cm³/mol. The molecule has 25 heavy (non-hydrogen) atoms. The van der Waals surface area contributed by atoms with Gasteiger partial charge in [-0.15, -0.1) is 0 Å². The Balaban J connectivity index is 1.98. The molecular weight excluding hydrogens is 324 g/mol. The molecule has 8 nitrogen and oxygen atoms in total. The molecule has 0 bridgehead atoms. The van der Waals surface area contributed by atoms with Gasteiger partial charge in [0.15, 0.2) is 5.69 Å². The molecule has 2 aromatic rings. The number of hydrogen-bond acceptors (Lipinski definition) is 4. The van der Waals surface area contributed by atoms with E-state index in [2.05, 4.69) is 10.4 Å². The Morgan fingerprint density at radius 1 is 1.12 bits per heavy atom. The Labute approximate surface area is 144 Å². The van der Waals surface area contributed by atoms with E-state index in [0.29, 0.717) is 31.5 Å². The minimum atomic E-state index is -0.825. The fourth-order valence-electron chi connectivity index (χ4n) is 2.30. The van der Waals surface area contributed by atoms with Crippen molar-refractivity contribution in [3.8, 4) is 5.69 Å². The lowest BCUT2D eigenvalue weighted by molar-refractivity contribution is -0.137. The fourth-order valence-corrected chi connectivity index (χ4v) is 2.30. The van der Waals surface area contributed by atoms with Crippen LogP contribution in [0.2, 0.25) is 0 Å². The van der Waals surface area contributed by atoms with Gasteiger partial charge in [-0.1, -0.05) is 24.6 Å². The molecule has 132 valence electrons. The topological polar surface area (TPSA) is 127 Å². The number of para-hydroxylation sites is 1. The van der Waals surface area contributed by atoms with Gasteiger partial charge in [-0.3, -0.25) is 14.4 Å². The van der Waals surface area contributed by atoms with E-state index in [4.69, 9.17) is 10.8 Å². The van der Waals surface area contributed by atoms with Crippen molar-refractivity contribution in [1.29, 1.82) is 0 Å². The number of carbonyl (C=O) groups is 3. The first-order chi connectivity index (χ1) is 12.0. The molecule has 0 saturated heterocycles. The van der Waals surface area contributed by atoms with E-state index in [1.165, 1.54) is 10.7 Å². The molecule has 2 amide bonds. The minimum absolute atomic E-state index is 0.100. The highest BCUT2D eigenvalue weighted by Gasteiger charge is 2.18. The second-order valence-electron chi connectivity index (χ2n) is 5.49. The van der Waals surface area contributed by atoms with Crippen LogP contribution in [0.1, 0.15) is 46.7 Å². The van der Waals surface area contributed by atoms with Gasteiger partial charge in [-0.2, -0.15) is 5.10 Å². The molecule has 2 rings (SSSR count). The number of unbranched alkanes of at least 4 members (excludes halogenated alkanes) is 2. The number of aliphatic carboxylic acids is 1. The van der Waals surface area contributed by atoms with E-state index in [1.54, 1.807) is 24.3 Å². The smallest absolute Gasteiger partial charge is 0.303 e. The molecule has 1 aromatic carbocycles. The Bertz CT molecular complexity index is 755. The number of hydrogen-bond donors (Lipinski definition) is 3. The maximum Gasteiger partial charge on any atom is 0.303 e. The van der Waals surface area contributed by atoms with E-state index in [1.807, 2.05) is 6.07 Å². The lowest BCUT2D eigenvalue weighted by atomic mass is 10.2. The Hall–Kier alpha value is -3.16. The van der Waals surface area contributed by atoms with E-state index in [0.717, 1.165) is 0 Å². The van der Waals surface area contributed by atoms with Gasteiger partial charge in [-0.05, 0) is 25.0 Å². The van der Waals surface area contributed by atoms with Crippen molar-refractivity contribution >= 4 is 17.8 Å². The van der Waals surface area contributed by atoms with Gasteiger partial charge in [0.1, 0.15) is 5.69 Å². The maximum absolute atomic E-state index is 12.2. The SMILES string of the molecule is NC(=O)c1cc(C(=O)NCCCCCC(=O)O)nn1-c1ccccc1. The van der Waals surface area contributed by atoms with Gasteiger partial charge in [0.2, 0.25) is 0 Å².